The first-order chi connectivity index (χ1) is 5.42. The van der Waals surface area contributed by atoms with E-state index in [0.29, 0.717) is 0 Å². The highest BCUT2D eigenvalue weighted by atomic mass is 28.3. The zero-order chi connectivity index (χ0) is 7.68. The van der Waals surface area contributed by atoms with E-state index < -0.39 is 9.04 Å². The summed E-state index contributed by atoms with van der Waals surface area (Å²) in [5, 5.41) is 0. The normalized spacial score (nSPS) is 27.0. The second-order valence-electron chi connectivity index (χ2n) is 4.08. The molecule has 2 rings (SSSR count). The SMILES string of the molecule is [SiH3]O[SiH](C1CCC1)C1CCC1. The van der Waals surface area contributed by atoms with Crippen LogP contribution in [0.1, 0.15) is 38.5 Å². The lowest BCUT2D eigenvalue weighted by Crippen LogP contribution is -2.36. The molecule has 0 heterocycles. The maximum Gasteiger partial charge on any atom is 0.168 e. The number of hydrogen-bond donors (Lipinski definition) is 0. The first-order valence-corrected chi connectivity index (χ1v) is 7.56. The molecule has 0 saturated heterocycles. The zero-order valence-electron chi connectivity index (χ0n) is 7.38. The van der Waals surface area contributed by atoms with Gasteiger partial charge in [0, 0.05) is 0 Å². The summed E-state index contributed by atoms with van der Waals surface area (Å²) >= 11 is 0. The molecule has 0 unspecified atom stereocenters. The van der Waals surface area contributed by atoms with Crippen molar-refractivity contribution in [2.24, 2.45) is 0 Å². The molecule has 0 N–H and O–H groups in total. The highest BCUT2D eigenvalue weighted by molar-refractivity contribution is 6.59. The minimum absolute atomic E-state index is 0.666. The average Bonchev–Trinajstić information content (AvgIpc) is 1.78. The lowest BCUT2D eigenvalue weighted by Gasteiger charge is -2.40. The van der Waals surface area contributed by atoms with E-state index in [2.05, 4.69) is 0 Å². The second kappa shape index (κ2) is 3.41. The average molecular weight is 186 g/mol. The van der Waals surface area contributed by atoms with Crippen molar-refractivity contribution >= 4 is 19.5 Å². The Bertz CT molecular complexity index is 118. The van der Waals surface area contributed by atoms with Crippen molar-refractivity contribution in [3.63, 3.8) is 0 Å². The van der Waals surface area contributed by atoms with Crippen LogP contribution < -0.4 is 0 Å². The monoisotopic (exact) mass is 186 g/mol. The van der Waals surface area contributed by atoms with Gasteiger partial charge in [0.1, 0.15) is 10.5 Å². The van der Waals surface area contributed by atoms with Gasteiger partial charge >= 0.3 is 0 Å². The number of rotatable bonds is 3. The van der Waals surface area contributed by atoms with Crippen molar-refractivity contribution in [1.29, 1.82) is 0 Å². The summed E-state index contributed by atoms with van der Waals surface area (Å²) in [6.45, 7) is 0. The molecule has 0 aliphatic heterocycles. The molecule has 2 saturated carbocycles. The van der Waals surface area contributed by atoms with Crippen LogP contribution in [-0.2, 0) is 4.12 Å². The molecule has 0 amide bonds. The molecule has 11 heavy (non-hydrogen) atoms. The standard InChI is InChI=1S/C8H18OSi2/c10-9-11(7-3-1-4-7)8-5-2-6-8/h7-8,11H,1-6H2,10H3. The molecule has 0 spiro atoms. The largest absolute Gasteiger partial charge is 0.465 e. The summed E-state index contributed by atoms with van der Waals surface area (Å²) < 4.78 is 5.84. The van der Waals surface area contributed by atoms with Crippen molar-refractivity contribution in [1.82, 2.24) is 0 Å². The Kier molecular flexibility index (Phi) is 2.49. The van der Waals surface area contributed by atoms with Crippen molar-refractivity contribution in [2.45, 2.75) is 49.6 Å². The topological polar surface area (TPSA) is 9.23 Å². The predicted octanol–water partition coefficient (Wildman–Crippen LogP) is 1.12. The van der Waals surface area contributed by atoms with E-state index in [1.165, 1.54) is 38.5 Å². The van der Waals surface area contributed by atoms with E-state index >= 15 is 0 Å². The summed E-state index contributed by atoms with van der Waals surface area (Å²) in [6, 6.07) is 0. The van der Waals surface area contributed by atoms with Gasteiger partial charge in [0.25, 0.3) is 0 Å². The molecule has 0 aromatic rings. The van der Waals surface area contributed by atoms with E-state index in [-0.39, 0.29) is 0 Å². The van der Waals surface area contributed by atoms with Gasteiger partial charge in [0.2, 0.25) is 0 Å². The van der Waals surface area contributed by atoms with Crippen LogP contribution in [0.5, 0.6) is 0 Å². The van der Waals surface area contributed by atoms with Crippen LogP contribution >= 0.6 is 0 Å². The van der Waals surface area contributed by atoms with Gasteiger partial charge in [-0.05, 0) is 11.1 Å². The quantitative estimate of drug-likeness (QED) is 0.600. The van der Waals surface area contributed by atoms with Gasteiger partial charge in [-0.15, -0.1) is 0 Å². The van der Waals surface area contributed by atoms with Gasteiger partial charge in [-0.2, -0.15) is 0 Å². The molecule has 0 radical (unpaired) electrons. The van der Waals surface area contributed by atoms with E-state index in [0.717, 1.165) is 21.6 Å². The summed E-state index contributed by atoms with van der Waals surface area (Å²) in [5.74, 6) is 0. The second-order valence-corrected chi connectivity index (χ2v) is 8.78. The Balaban J connectivity index is 1.83. The maximum absolute atomic E-state index is 5.84. The number of hydrogen-bond acceptors (Lipinski definition) is 1. The summed E-state index contributed by atoms with van der Waals surface area (Å²) in [7, 11) is 0.341. The third kappa shape index (κ3) is 1.46. The molecule has 0 aromatic carbocycles. The Labute approximate surface area is 73.8 Å². The lowest BCUT2D eigenvalue weighted by molar-refractivity contribution is 0.391. The van der Waals surface area contributed by atoms with Crippen LogP contribution in [0.15, 0.2) is 0 Å². The minimum Gasteiger partial charge on any atom is -0.465 e. The van der Waals surface area contributed by atoms with Crippen LogP contribution in [0.25, 0.3) is 0 Å². The van der Waals surface area contributed by atoms with Crippen LogP contribution in [0.3, 0.4) is 0 Å². The predicted molar refractivity (Wildman–Crippen MR) is 53.4 cm³/mol. The van der Waals surface area contributed by atoms with Crippen LogP contribution in [-0.4, -0.2) is 19.5 Å². The van der Waals surface area contributed by atoms with Gasteiger partial charge in [-0.25, -0.2) is 0 Å². The fourth-order valence-electron chi connectivity index (χ4n) is 2.31. The Morgan fingerprint density at radius 2 is 1.45 bits per heavy atom. The molecule has 3 heteroatoms. The lowest BCUT2D eigenvalue weighted by atomic mass is 9.98. The summed E-state index contributed by atoms with van der Waals surface area (Å²) in [6.07, 6.45) is 9.02. The van der Waals surface area contributed by atoms with E-state index in [9.17, 15) is 0 Å². The first-order valence-electron chi connectivity index (χ1n) is 4.94. The van der Waals surface area contributed by atoms with E-state index in [1.807, 2.05) is 0 Å². The molecule has 2 aliphatic carbocycles. The molecule has 0 atom stereocenters. The molecule has 0 bridgehead atoms. The van der Waals surface area contributed by atoms with Crippen LogP contribution in [0, 0.1) is 0 Å². The van der Waals surface area contributed by atoms with Crippen LogP contribution in [0.4, 0.5) is 0 Å². The fourth-order valence-corrected chi connectivity index (χ4v) is 8.41. The van der Waals surface area contributed by atoms with Gasteiger partial charge in [0.05, 0.1) is 0 Å². The molecular formula is C8H18OSi2. The van der Waals surface area contributed by atoms with E-state index in [4.69, 9.17) is 4.12 Å². The summed E-state index contributed by atoms with van der Waals surface area (Å²) in [5.41, 5.74) is 2.19. The van der Waals surface area contributed by atoms with Crippen molar-refractivity contribution < 1.29 is 4.12 Å². The smallest absolute Gasteiger partial charge is 0.168 e. The van der Waals surface area contributed by atoms with Gasteiger partial charge < -0.3 is 4.12 Å². The van der Waals surface area contributed by atoms with Gasteiger partial charge in [0.15, 0.2) is 9.04 Å². The Hall–Kier alpha value is 0.394. The fraction of sp³-hybridized carbons (Fsp3) is 1.00. The van der Waals surface area contributed by atoms with Crippen molar-refractivity contribution in [3.05, 3.63) is 0 Å². The van der Waals surface area contributed by atoms with Gasteiger partial charge in [-0.3, -0.25) is 0 Å². The molecule has 64 valence electrons. The highest BCUT2D eigenvalue weighted by Gasteiger charge is 2.37. The molecule has 2 fully saturated rings. The molecule has 0 aromatic heterocycles. The van der Waals surface area contributed by atoms with Crippen molar-refractivity contribution in [3.8, 4) is 0 Å². The molecule has 2 aliphatic rings. The van der Waals surface area contributed by atoms with Gasteiger partial charge in [-0.1, -0.05) is 38.5 Å². The molecule has 1 nitrogen and oxygen atoms in total. The Morgan fingerprint density at radius 3 is 1.64 bits per heavy atom. The minimum atomic E-state index is -0.666. The highest BCUT2D eigenvalue weighted by Crippen LogP contribution is 2.46. The zero-order valence-corrected chi connectivity index (χ0v) is 10.5. The maximum atomic E-state index is 5.84. The van der Waals surface area contributed by atoms with Crippen LogP contribution in [0.2, 0.25) is 11.1 Å². The molecular weight excluding hydrogens is 168 g/mol. The van der Waals surface area contributed by atoms with Crippen molar-refractivity contribution in [2.75, 3.05) is 0 Å². The third-order valence-corrected chi connectivity index (χ3v) is 8.87. The Morgan fingerprint density at radius 1 is 1.00 bits per heavy atom. The first kappa shape index (κ1) is 8.01. The third-order valence-electron chi connectivity index (χ3n) is 3.50. The summed E-state index contributed by atoms with van der Waals surface area (Å²) in [4.78, 5) is 0. The van der Waals surface area contributed by atoms with E-state index in [1.54, 1.807) is 0 Å².